The third-order valence-corrected chi connectivity index (χ3v) is 5.19. The number of carbonyl (C=O) groups excluding carboxylic acids is 2. The van der Waals surface area contributed by atoms with Gasteiger partial charge in [-0.1, -0.05) is 24.6 Å². The second kappa shape index (κ2) is 6.73. The summed E-state index contributed by atoms with van der Waals surface area (Å²) in [6.07, 6.45) is 0.725. The Hall–Kier alpha value is -2.21. The molecule has 0 spiro atoms. The number of amides is 2. The number of piperazine rings is 1. The van der Waals surface area contributed by atoms with Crippen LogP contribution in [-0.2, 0) is 11.2 Å². The maximum Gasteiger partial charge on any atom is 0.266 e. The van der Waals surface area contributed by atoms with Gasteiger partial charge in [0.1, 0.15) is 11.4 Å². The number of carbonyl (C=O) groups is 2. The molecule has 1 aliphatic rings. The van der Waals surface area contributed by atoms with Crippen molar-refractivity contribution >= 4 is 28.8 Å². The van der Waals surface area contributed by atoms with Gasteiger partial charge in [-0.25, -0.2) is 4.98 Å². The molecule has 1 fully saturated rings. The maximum absolute atomic E-state index is 12.8. The third-order valence-electron chi connectivity index (χ3n) is 4.19. The Morgan fingerprint density at radius 1 is 1.21 bits per heavy atom. The van der Waals surface area contributed by atoms with Crippen molar-refractivity contribution in [2.45, 2.75) is 27.2 Å². The molecule has 0 bridgehead atoms. The fourth-order valence-corrected chi connectivity index (χ4v) is 3.84. The summed E-state index contributed by atoms with van der Waals surface area (Å²) in [6, 6.07) is 7.89. The van der Waals surface area contributed by atoms with Gasteiger partial charge in [-0.15, -0.1) is 11.3 Å². The maximum atomic E-state index is 12.8. The summed E-state index contributed by atoms with van der Waals surface area (Å²) >= 11 is 1.41. The number of rotatable bonds is 3. The van der Waals surface area contributed by atoms with E-state index in [9.17, 15) is 9.59 Å². The summed E-state index contributed by atoms with van der Waals surface area (Å²) in [4.78, 5) is 33.7. The monoisotopic (exact) mass is 343 g/mol. The fourth-order valence-electron chi connectivity index (χ4n) is 2.86. The highest BCUT2D eigenvalue weighted by atomic mass is 32.1. The van der Waals surface area contributed by atoms with Crippen LogP contribution < -0.4 is 4.90 Å². The first-order valence-corrected chi connectivity index (χ1v) is 8.94. The van der Waals surface area contributed by atoms with E-state index in [1.807, 2.05) is 45.0 Å². The highest BCUT2D eigenvalue weighted by Crippen LogP contribution is 2.23. The molecule has 24 heavy (non-hydrogen) atoms. The van der Waals surface area contributed by atoms with E-state index in [0.29, 0.717) is 18.0 Å². The fraction of sp³-hybridized carbons (Fsp3) is 0.389. The molecule has 2 heterocycles. The van der Waals surface area contributed by atoms with Crippen molar-refractivity contribution in [2.75, 3.05) is 24.5 Å². The molecule has 0 saturated carbocycles. The average molecular weight is 343 g/mol. The first kappa shape index (κ1) is 16.6. The van der Waals surface area contributed by atoms with Crippen molar-refractivity contribution < 1.29 is 9.59 Å². The molecule has 1 aromatic carbocycles. The lowest BCUT2D eigenvalue weighted by Crippen LogP contribution is -2.52. The van der Waals surface area contributed by atoms with Crippen molar-refractivity contribution in [2.24, 2.45) is 0 Å². The summed E-state index contributed by atoms with van der Waals surface area (Å²) in [5, 5.41) is 0.889. The predicted octanol–water partition coefficient (Wildman–Crippen LogP) is 2.81. The van der Waals surface area contributed by atoms with Crippen LogP contribution in [0.25, 0.3) is 0 Å². The molecule has 1 saturated heterocycles. The summed E-state index contributed by atoms with van der Waals surface area (Å²) < 4.78 is 0. The molecule has 0 radical (unpaired) electrons. The van der Waals surface area contributed by atoms with Gasteiger partial charge in [-0.05, 0) is 32.4 Å². The normalized spacial score (nSPS) is 15.0. The summed E-state index contributed by atoms with van der Waals surface area (Å²) in [6.45, 7) is 7.09. The van der Waals surface area contributed by atoms with Gasteiger partial charge in [0, 0.05) is 18.8 Å². The Bertz CT molecular complexity index is 767. The lowest BCUT2D eigenvalue weighted by Gasteiger charge is -2.34. The average Bonchev–Trinajstić information content (AvgIpc) is 2.96. The lowest BCUT2D eigenvalue weighted by atomic mass is 10.2. The van der Waals surface area contributed by atoms with Crippen LogP contribution in [0.2, 0.25) is 0 Å². The quantitative estimate of drug-likeness (QED) is 0.861. The number of aromatic nitrogens is 1. The minimum Gasteiger partial charge on any atom is -0.327 e. The highest BCUT2D eigenvalue weighted by molar-refractivity contribution is 7.13. The molecular weight excluding hydrogens is 322 g/mol. The SMILES string of the molecule is CCc1nc(C)sc1C(=O)N1CCN(c2ccc(C)cc2)C(=O)C1. The molecule has 1 aliphatic heterocycles. The minimum atomic E-state index is -0.0747. The smallest absolute Gasteiger partial charge is 0.266 e. The van der Waals surface area contributed by atoms with Crippen molar-refractivity contribution in [3.05, 3.63) is 45.4 Å². The minimum absolute atomic E-state index is 0.0438. The molecule has 0 aliphatic carbocycles. The second-order valence-electron chi connectivity index (χ2n) is 5.97. The van der Waals surface area contributed by atoms with Crippen LogP contribution in [0.4, 0.5) is 5.69 Å². The third kappa shape index (κ3) is 3.19. The summed E-state index contributed by atoms with van der Waals surface area (Å²) in [7, 11) is 0. The molecule has 0 atom stereocenters. The zero-order valence-electron chi connectivity index (χ0n) is 14.2. The van der Waals surface area contributed by atoms with Crippen LogP contribution in [0.15, 0.2) is 24.3 Å². The standard InChI is InChI=1S/C18H21N3O2S/c1-4-15-17(24-13(3)19-15)18(23)20-9-10-21(16(22)11-20)14-7-5-12(2)6-8-14/h5-8H,4,9-11H2,1-3H3. The Kier molecular flexibility index (Phi) is 4.66. The van der Waals surface area contributed by atoms with Crippen LogP contribution in [0.1, 0.15) is 32.9 Å². The van der Waals surface area contributed by atoms with Crippen LogP contribution in [0, 0.1) is 13.8 Å². The van der Waals surface area contributed by atoms with Gasteiger partial charge in [-0.3, -0.25) is 9.59 Å². The van der Waals surface area contributed by atoms with Gasteiger partial charge in [0.15, 0.2) is 0 Å². The summed E-state index contributed by atoms with van der Waals surface area (Å²) in [5.41, 5.74) is 2.88. The van der Waals surface area contributed by atoms with E-state index < -0.39 is 0 Å². The molecule has 0 N–H and O–H groups in total. The largest absolute Gasteiger partial charge is 0.327 e. The van der Waals surface area contributed by atoms with Crippen LogP contribution in [-0.4, -0.2) is 41.3 Å². The summed E-state index contributed by atoms with van der Waals surface area (Å²) in [5.74, 6) is -0.118. The molecule has 3 rings (SSSR count). The number of hydrogen-bond donors (Lipinski definition) is 0. The number of hydrogen-bond acceptors (Lipinski definition) is 4. The Balaban J connectivity index is 1.74. The first-order valence-electron chi connectivity index (χ1n) is 8.12. The second-order valence-corrected chi connectivity index (χ2v) is 7.17. The molecule has 5 nitrogen and oxygen atoms in total. The zero-order valence-corrected chi connectivity index (χ0v) is 15.0. The molecule has 0 unspecified atom stereocenters. The molecule has 1 aromatic heterocycles. The lowest BCUT2D eigenvalue weighted by molar-refractivity contribution is -0.120. The highest BCUT2D eigenvalue weighted by Gasteiger charge is 2.30. The van der Waals surface area contributed by atoms with Gasteiger partial charge in [0.25, 0.3) is 5.91 Å². The predicted molar refractivity (Wildman–Crippen MR) is 95.7 cm³/mol. The van der Waals surface area contributed by atoms with Crippen molar-refractivity contribution in [1.29, 1.82) is 0 Å². The Morgan fingerprint density at radius 3 is 2.54 bits per heavy atom. The number of benzene rings is 1. The van der Waals surface area contributed by atoms with Gasteiger partial charge >= 0.3 is 0 Å². The van der Waals surface area contributed by atoms with E-state index in [1.165, 1.54) is 11.3 Å². The Labute approximate surface area is 145 Å². The van der Waals surface area contributed by atoms with Gasteiger partial charge in [-0.2, -0.15) is 0 Å². The molecule has 6 heteroatoms. The van der Waals surface area contributed by atoms with E-state index in [4.69, 9.17) is 0 Å². The van der Waals surface area contributed by atoms with Gasteiger partial charge < -0.3 is 9.80 Å². The van der Waals surface area contributed by atoms with Crippen molar-refractivity contribution in [3.8, 4) is 0 Å². The van der Waals surface area contributed by atoms with E-state index in [-0.39, 0.29) is 18.4 Å². The van der Waals surface area contributed by atoms with Crippen molar-refractivity contribution in [1.82, 2.24) is 9.88 Å². The van der Waals surface area contributed by atoms with Crippen LogP contribution >= 0.6 is 11.3 Å². The van der Waals surface area contributed by atoms with Gasteiger partial charge in [0.2, 0.25) is 5.91 Å². The number of nitrogens with zero attached hydrogens (tertiary/aromatic N) is 3. The zero-order chi connectivity index (χ0) is 17.3. The topological polar surface area (TPSA) is 53.5 Å². The van der Waals surface area contributed by atoms with E-state index in [0.717, 1.165) is 28.4 Å². The number of anilines is 1. The molecular formula is C18H21N3O2S. The number of thiazole rings is 1. The van der Waals surface area contributed by atoms with E-state index in [1.54, 1.807) is 9.80 Å². The molecule has 2 amide bonds. The van der Waals surface area contributed by atoms with Crippen molar-refractivity contribution in [3.63, 3.8) is 0 Å². The van der Waals surface area contributed by atoms with Gasteiger partial charge in [0.05, 0.1) is 10.7 Å². The van der Waals surface area contributed by atoms with Crippen LogP contribution in [0.5, 0.6) is 0 Å². The van der Waals surface area contributed by atoms with E-state index in [2.05, 4.69) is 4.98 Å². The molecule has 2 aromatic rings. The van der Waals surface area contributed by atoms with E-state index >= 15 is 0 Å². The van der Waals surface area contributed by atoms with Crippen LogP contribution in [0.3, 0.4) is 0 Å². The Morgan fingerprint density at radius 2 is 1.92 bits per heavy atom. The molecule has 126 valence electrons. The first-order chi connectivity index (χ1) is 11.5. The number of aryl methyl sites for hydroxylation is 3.